The number of ether oxygens (including phenoxy) is 2. The van der Waals surface area contributed by atoms with Gasteiger partial charge in [0, 0.05) is 12.7 Å². The molecule has 0 radical (unpaired) electrons. The minimum Gasteiger partial charge on any atom is -0.467 e. The first-order valence-corrected chi connectivity index (χ1v) is 4.87. The lowest BCUT2D eigenvalue weighted by atomic mass is 9.86. The first-order chi connectivity index (χ1) is 6.96. The Kier molecular flexibility index (Phi) is 3.69. The molecule has 0 fully saturated rings. The number of rotatable bonds is 3. The van der Waals surface area contributed by atoms with Crippen LogP contribution in [0, 0.1) is 5.82 Å². The van der Waals surface area contributed by atoms with Gasteiger partial charge in [0.05, 0.1) is 0 Å². The molecule has 1 rings (SSSR count). The van der Waals surface area contributed by atoms with Crippen molar-refractivity contribution >= 4 is 0 Å². The Morgan fingerprint density at radius 1 is 1.27 bits per heavy atom. The third-order valence-electron chi connectivity index (χ3n) is 2.06. The van der Waals surface area contributed by atoms with Crippen LogP contribution in [0.15, 0.2) is 18.2 Å². The van der Waals surface area contributed by atoms with Crippen LogP contribution in [-0.2, 0) is 10.2 Å². The van der Waals surface area contributed by atoms with Crippen LogP contribution in [0.1, 0.15) is 26.3 Å². The third-order valence-corrected chi connectivity index (χ3v) is 2.06. The topological polar surface area (TPSA) is 18.5 Å². The zero-order valence-electron chi connectivity index (χ0n) is 9.63. The average Bonchev–Trinajstić information content (AvgIpc) is 2.12. The number of methoxy groups -OCH3 is 1. The zero-order chi connectivity index (χ0) is 11.5. The van der Waals surface area contributed by atoms with Crippen molar-refractivity contribution in [2.24, 2.45) is 0 Å². The van der Waals surface area contributed by atoms with Gasteiger partial charge in [-0.3, -0.25) is 0 Å². The lowest BCUT2D eigenvalue weighted by molar-refractivity contribution is 0.0495. The van der Waals surface area contributed by atoms with Crippen molar-refractivity contribution < 1.29 is 13.9 Å². The van der Waals surface area contributed by atoms with Gasteiger partial charge < -0.3 is 9.47 Å². The van der Waals surface area contributed by atoms with Crippen molar-refractivity contribution in [1.29, 1.82) is 0 Å². The molecule has 0 bridgehead atoms. The van der Waals surface area contributed by atoms with Crippen molar-refractivity contribution in [3.8, 4) is 5.75 Å². The van der Waals surface area contributed by atoms with Crippen LogP contribution in [0.4, 0.5) is 4.39 Å². The second kappa shape index (κ2) is 4.62. The minimum atomic E-state index is -0.283. The van der Waals surface area contributed by atoms with Crippen molar-refractivity contribution in [2.45, 2.75) is 26.2 Å². The predicted molar refractivity (Wildman–Crippen MR) is 57.6 cm³/mol. The van der Waals surface area contributed by atoms with Crippen LogP contribution in [0.25, 0.3) is 0 Å². The van der Waals surface area contributed by atoms with Gasteiger partial charge in [-0.1, -0.05) is 26.8 Å². The Morgan fingerprint density at radius 2 is 1.93 bits per heavy atom. The van der Waals surface area contributed by atoms with Crippen LogP contribution in [-0.4, -0.2) is 13.9 Å². The van der Waals surface area contributed by atoms with Crippen LogP contribution in [0.2, 0.25) is 0 Å². The number of benzene rings is 1. The van der Waals surface area contributed by atoms with Crippen molar-refractivity contribution in [3.63, 3.8) is 0 Å². The molecule has 1 aromatic carbocycles. The summed E-state index contributed by atoms with van der Waals surface area (Å²) in [6, 6.07) is 4.83. The molecule has 2 nitrogen and oxygen atoms in total. The molecular formula is C12H17FO2. The number of halogens is 1. The Hall–Kier alpha value is -1.09. The van der Waals surface area contributed by atoms with E-state index in [1.54, 1.807) is 12.1 Å². The molecule has 84 valence electrons. The summed E-state index contributed by atoms with van der Waals surface area (Å²) in [7, 11) is 1.54. The summed E-state index contributed by atoms with van der Waals surface area (Å²) in [5.74, 6) is 0.306. The second-order valence-corrected chi connectivity index (χ2v) is 4.41. The molecule has 0 N–H and O–H groups in total. The van der Waals surface area contributed by atoms with Crippen LogP contribution in [0.3, 0.4) is 0 Å². The summed E-state index contributed by atoms with van der Waals surface area (Å²) in [6.07, 6.45) is 0. The quantitative estimate of drug-likeness (QED) is 0.717. The molecule has 3 heteroatoms. The molecule has 0 saturated heterocycles. The van der Waals surface area contributed by atoms with Crippen molar-refractivity contribution in [3.05, 3.63) is 29.6 Å². The molecule has 0 heterocycles. The highest BCUT2D eigenvalue weighted by molar-refractivity contribution is 5.39. The molecule has 0 unspecified atom stereocenters. The molecule has 15 heavy (non-hydrogen) atoms. The summed E-state index contributed by atoms with van der Waals surface area (Å²) in [6.45, 7) is 5.98. The van der Waals surface area contributed by atoms with Crippen LogP contribution < -0.4 is 4.74 Å². The van der Waals surface area contributed by atoms with Gasteiger partial charge in [0.1, 0.15) is 11.6 Å². The van der Waals surface area contributed by atoms with E-state index < -0.39 is 0 Å². The highest BCUT2D eigenvalue weighted by Gasteiger charge is 2.23. The van der Waals surface area contributed by atoms with Gasteiger partial charge >= 0.3 is 0 Å². The summed E-state index contributed by atoms with van der Waals surface area (Å²) in [5, 5.41) is 0. The number of hydrogen-bond acceptors (Lipinski definition) is 2. The van der Waals surface area contributed by atoms with Gasteiger partial charge in [0.15, 0.2) is 6.79 Å². The SMILES string of the molecule is COCOc1cccc(F)c1C(C)(C)C. The predicted octanol–water partition coefficient (Wildman–Crippen LogP) is 3.11. The fourth-order valence-electron chi connectivity index (χ4n) is 1.47. The van der Waals surface area contributed by atoms with Gasteiger partial charge in [0.2, 0.25) is 0 Å². The van der Waals surface area contributed by atoms with E-state index in [1.807, 2.05) is 20.8 Å². The maximum atomic E-state index is 13.7. The Labute approximate surface area is 90.0 Å². The summed E-state index contributed by atoms with van der Waals surface area (Å²) in [4.78, 5) is 0. The van der Waals surface area contributed by atoms with Gasteiger partial charge in [-0.25, -0.2) is 4.39 Å². The first-order valence-electron chi connectivity index (χ1n) is 4.87. The van der Waals surface area contributed by atoms with E-state index in [1.165, 1.54) is 13.2 Å². The smallest absolute Gasteiger partial charge is 0.188 e. The molecule has 0 aliphatic carbocycles. The Bertz CT molecular complexity index is 329. The van der Waals surface area contributed by atoms with Gasteiger partial charge in [-0.15, -0.1) is 0 Å². The second-order valence-electron chi connectivity index (χ2n) is 4.41. The van der Waals surface area contributed by atoms with Crippen LogP contribution >= 0.6 is 0 Å². The summed E-state index contributed by atoms with van der Waals surface area (Å²) < 4.78 is 23.8. The van der Waals surface area contributed by atoms with Crippen molar-refractivity contribution in [2.75, 3.05) is 13.9 Å². The fourth-order valence-corrected chi connectivity index (χ4v) is 1.47. The third kappa shape index (κ3) is 2.93. The maximum absolute atomic E-state index is 13.7. The number of hydrogen-bond donors (Lipinski definition) is 0. The Balaban J connectivity index is 3.09. The fraction of sp³-hybridized carbons (Fsp3) is 0.500. The zero-order valence-corrected chi connectivity index (χ0v) is 9.63. The molecule has 0 aliphatic rings. The Morgan fingerprint density at radius 3 is 2.47 bits per heavy atom. The first kappa shape index (κ1) is 12.0. The van der Waals surface area contributed by atoms with E-state index in [-0.39, 0.29) is 18.0 Å². The summed E-state index contributed by atoms with van der Waals surface area (Å²) in [5.41, 5.74) is 0.302. The molecule has 0 amide bonds. The lowest BCUT2D eigenvalue weighted by Crippen LogP contribution is -2.16. The normalized spacial score (nSPS) is 11.5. The standard InChI is InChI=1S/C12H17FO2/c1-12(2,3)11-9(13)6-5-7-10(11)15-8-14-4/h5-7H,8H2,1-4H3. The summed E-state index contributed by atoms with van der Waals surface area (Å²) >= 11 is 0. The molecule has 0 atom stereocenters. The van der Waals surface area contributed by atoms with Crippen LogP contribution in [0.5, 0.6) is 5.75 Å². The van der Waals surface area contributed by atoms with E-state index in [0.29, 0.717) is 11.3 Å². The van der Waals surface area contributed by atoms with Crippen molar-refractivity contribution in [1.82, 2.24) is 0 Å². The maximum Gasteiger partial charge on any atom is 0.188 e. The molecular weight excluding hydrogens is 195 g/mol. The largest absolute Gasteiger partial charge is 0.467 e. The van der Waals surface area contributed by atoms with E-state index in [0.717, 1.165) is 0 Å². The van der Waals surface area contributed by atoms with Gasteiger partial charge in [0.25, 0.3) is 0 Å². The monoisotopic (exact) mass is 212 g/mol. The molecule has 0 aliphatic heterocycles. The lowest BCUT2D eigenvalue weighted by Gasteiger charge is -2.23. The van der Waals surface area contributed by atoms with Gasteiger partial charge in [-0.2, -0.15) is 0 Å². The highest BCUT2D eigenvalue weighted by atomic mass is 19.1. The molecule has 0 saturated carbocycles. The van der Waals surface area contributed by atoms with E-state index in [9.17, 15) is 4.39 Å². The van der Waals surface area contributed by atoms with Gasteiger partial charge in [-0.05, 0) is 17.5 Å². The average molecular weight is 212 g/mol. The molecule has 1 aromatic rings. The molecule has 0 aromatic heterocycles. The van der Waals surface area contributed by atoms with E-state index >= 15 is 0 Å². The molecule has 0 spiro atoms. The van der Waals surface area contributed by atoms with E-state index in [4.69, 9.17) is 9.47 Å². The highest BCUT2D eigenvalue weighted by Crippen LogP contribution is 2.33. The minimum absolute atomic E-state index is 0.131. The van der Waals surface area contributed by atoms with E-state index in [2.05, 4.69) is 0 Å².